The lowest BCUT2D eigenvalue weighted by molar-refractivity contribution is -0.150. The molecule has 0 radical (unpaired) electrons. The molecule has 0 aliphatic carbocycles. The molecule has 1 aliphatic heterocycles. The van der Waals surface area contributed by atoms with Gasteiger partial charge in [-0.1, -0.05) is 54.1 Å². The van der Waals surface area contributed by atoms with Gasteiger partial charge in [0, 0.05) is 13.0 Å². The first-order valence-electron chi connectivity index (χ1n) is 11.2. The van der Waals surface area contributed by atoms with Gasteiger partial charge in [0.15, 0.2) is 0 Å². The molecule has 7 nitrogen and oxygen atoms in total. The molecule has 1 saturated heterocycles. The van der Waals surface area contributed by atoms with Crippen LogP contribution >= 0.6 is 0 Å². The Hall–Kier alpha value is -3.19. The second-order valence-corrected chi connectivity index (χ2v) is 7.42. The van der Waals surface area contributed by atoms with Crippen LogP contribution in [-0.4, -0.2) is 63.0 Å². The van der Waals surface area contributed by atoms with Gasteiger partial charge in [0.25, 0.3) is 0 Å². The van der Waals surface area contributed by atoms with E-state index in [4.69, 9.17) is 4.74 Å². The number of unbranched alkanes of at least 4 members (excludes halogenated alkanes) is 1. The number of rotatable bonds is 8. The summed E-state index contributed by atoms with van der Waals surface area (Å²) in [5.41, 5.74) is 1.32. The smallest absolute Gasteiger partial charge is 0.328 e. The molecule has 33 heavy (non-hydrogen) atoms. The summed E-state index contributed by atoms with van der Waals surface area (Å²) < 4.78 is 9.99. The maximum absolute atomic E-state index is 11.5. The molecular formula is C26H36N2O5. The molecule has 0 bridgehead atoms. The van der Waals surface area contributed by atoms with Crippen LogP contribution in [0.1, 0.15) is 31.2 Å². The zero-order valence-corrected chi connectivity index (χ0v) is 19.9. The summed E-state index contributed by atoms with van der Waals surface area (Å²) in [6.07, 6.45) is 3.86. The number of aldehydes is 1. The van der Waals surface area contributed by atoms with Crippen LogP contribution in [0.3, 0.4) is 0 Å². The SMILES string of the molecule is CNCC(=O)N1CCCC1C(=O)OC.Cc1ccccc1.O=CCCCOc1ccccc1. The molecule has 1 unspecified atom stereocenters. The van der Waals surface area contributed by atoms with Crippen molar-refractivity contribution < 1.29 is 23.9 Å². The molecule has 1 aliphatic rings. The van der Waals surface area contributed by atoms with Gasteiger partial charge in [0.2, 0.25) is 5.91 Å². The zero-order chi connectivity index (χ0) is 24.3. The Balaban J connectivity index is 0.000000260. The molecule has 1 fully saturated rings. The van der Waals surface area contributed by atoms with E-state index in [1.165, 1.54) is 12.7 Å². The molecule has 0 saturated carbocycles. The number of likely N-dealkylation sites (tertiary alicyclic amines) is 1. The Morgan fingerprint density at radius 3 is 2.24 bits per heavy atom. The maximum Gasteiger partial charge on any atom is 0.328 e. The van der Waals surface area contributed by atoms with Gasteiger partial charge in [-0.25, -0.2) is 4.79 Å². The average Bonchev–Trinajstić information content (AvgIpc) is 3.34. The number of para-hydroxylation sites is 1. The third kappa shape index (κ3) is 11.8. The zero-order valence-electron chi connectivity index (χ0n) is 19.9. The molecule has 2 aromatic rings. The normalized spacial score (nSPS) is 14.2. The van der Waals surface area contributed by atoms with E-state index in [1.54, 1.807) is 11.9 Å². The van der Waals surface area contributed by atoms with Crippen LogP contribution in [0.2, 0.25) is 0 Å². The molecule has 2 aromatic carbocycles. The Kier molecular flexibility index (Phi) is 14.7. The standard InChI is InChI=1S/C10H12O2.C9H16N2O3.C7H8/c11-8-4-5-9-12-10-6-2-1-3-7-10;1-10-6-8(12)11-5-3-4-7(11)9(13)14-2;1-7-5-3-2-4-6-7/h1-3,6-8H,4-5,9H2;7,10H,3-6H2,1-2H3;2-6H,1H3. The Morgan fingerprint density at radius 2 is 1.73 bits per heavy atom. The van der Waals surface area contributed by atoms with E-state index in [1.807, 2.05) is 48.5 Å². The summed E-state index contributed by atoms with van der Waals surface area (Å²) in [5.74, 6) is 0.510. The lowest BCUT2D eigenvalue weighted by Crippen LogP contribution is -2.44. The van der Waals surface area contributed by atoms with Crippen LogP contribution in [0, 0.1) is 6.92 Å². The Morgan fingerprint density at radius 1 is 1.09 bits per heavy atom. The second-order valence-electron chi connectivity index (χ2n) is 7.42. The molecule has 1 atom stereocenters. The van der Waals surface area contributed by atoms with Crippen LogP contribution < -0.4 is 10.1 Å². The summed E-state index contributed by atoms with van der Waals surface area (Å²) in [6, 6.07) is 19.5. The van der Waals surface area contributed by atoms with Crippen molar-refractivity contribution in [3.63, 3.8) is 0 Å². The number of nitrogens with one attached hydrogen (secondary N) is 1. The first-order valence-corrected chi connectivity index (χ1v) is 11.2. The molecule has 7 heteroatoms. The van der Waals surface area contributed by atoms with Crippen LogP contribution in [-0.2, 0) is 19.1 Å². The topological polar surface area (TPSA) is 84.9 Å². The van der Waals surface area contributed by atoms with Crippen molar-refractivity contribution in [3.8, 4) is 5.75 Å². The van der Waals surface area contributed by atoms with Crippen molar-refractivity contribution in [3.05, 3.63) is 66.2 Å². The second kappa shape index (κ2) is 17.4. The van der Waals surface area contributed by atoms with Gasteiger partial charge in [-0.15, -0.1) is 0 Å². The van der Waals surface area contributed by atoms with E-state index in [9.17, 15) is 14.4 Å². The number of aryl methyl sites for hydroxylation is 1. The number of methoxy groups -OCH3 is 1. The number of amides is 1. The number of hydrogen-bond acceptors (Lipinski definition) is 6. The van der Waals surface area contributed by atoms with Crippen LogP contribution in [0.4, 0.5) is 0 Å². The lowest BCUT2D eigenvalue weighted by atomic mass is 10.2. The number of carbonyl (C=O) groups is 3. The van der Waals surface area contributed by atoms with Crippen molar-refractivity contribution in [2.45, 2.75) is 38.6 Å². The van der Waals surface area contributed by atoms with E-state index < -0.39 is 0 Å². The van der Waals surface area contributed by atoms with Crippen LogP contribution in [0.25, 0.3) is 0 Å². The molecule has 0 aromatic heterocycles. The molecule has 3 rings (SSSR count). The fourth-order valence-corrected chi connectivity index (χ4v) is 3.11. The first-order chi connectivity index (χ1) is 16.0. The minimum Gasteiger partial charge on any atom is -0.494 e. The predicted molar refractivity (Wildman–Crippen MR) is 129 cm³/mol. The van der Waals surface area contributed by atoms with E-state index in [-0.39, 0.29) is 24.5 Å². The first kappa shape index (κ1) is 27.8. The molecule has 1 amide bonds. The van der Waals surface area contributed by atoms with E-state index in [0.717, 1.165) is 24.9 Å². The van der Waals surface area contributed by atoms with Gasteiger partial charge in [-0.05, 0) is 45.4 Å². The number of benzene rings is 2. The number of likely N-dealkylation sites (N-methyl/N-ethyl adjacent to an activating group) is 1. The summed E-state index contributed by atoms with van der Waals surface area (Å²) in [6.45, 7) is 3.62. The van der Waals surface area contributed by atoms with Gasteiger partial charge < -0.3 is 24.5 Å². The van der Waals surface area contributed by atoms with Crippen molar-refractivity contribution in [2.75, 3.05) is 33.9 Å². The number of ether oxygens (including phenoxy) is 2. The van der Waals surface area contributed by atoms with E-state index >= 15 is 0 Å². The third-order valence-electron chi connectivity index (χ3n) is 4.79. The van der Waals surface area contributed by atoms with Crippen molar-refractivity contribution in [2.24, 2.45) is 0 Å². The highest BCUT2D eigenvalue weighted by Gasteiger charge is 2.34. The fraction of sp³-hybridized carbons (Fsp3) is 0.423. The van der Waals surface area contributed by atoms with Crippen LogP contribution in [0.5, 0.6) is 5.75 Å². The summed E-state index contributed by atoms with van der Waals surface area (Å²) in [7, 11) is 3.06. The number of hydrogen-bond donors (Lipinski definition) is 1. The molecule has 180 valence electrons. The number of nitrogens with zero attached hydrogens (tertiary/aromatic N) is 1. The predicted octanol–water partition coefficient (Wildman–Crippen LogP) is 3.41. The van der Waals surface area contributed by atoms with Crippen molar-refractivity contribution in [1.29, 1.82) is 0 Å². The number of esters is 1. The highest BCUT2D eigenvalue weighted by atomic mass is 16.5. The maximum atomic E-state index is 11.5. The Labute approximate surface area is 197 Å². The molecule has 1 heterocycles. The van der Waals surface area contributed by atoms with Gasteiger partial charge in [-0.3, -0.25) is 4.79 Å². The van der Waals surface area contributed by atoms with Crippen molar-refractivity contribution >= 4 is 18.2 Å². The van der Waals surface area contributed by atoms with Gasteiger partial charge in [-0.2, -0.15) is 0 Å². The van der Waals surface area contributed by atoms with Crippen molar-refractivity contribution in [1.82, 2.24) is 10.2 Å². The Bertz CT molecular complexity index is 799. The highest BCUT2D eigenvalue weighted by molar-refractivity contribution is 5.86. The van der Waals surface area contributed by atoms with Gasteiger partial charge in [0.05, 0.1) is 20.3 Å². The average molecular weight is 457 g/mol. The minimum absolute atomic E-state index is 0.0413. The minimum atomic E-state index is -0.374. The summed E-state index contributed by atoms with van der Waals surface area (Å²) in [4.78, 5) is 34.4. The fourth-order valence-electron chi connectivity index (χ4n) is 3.11. The monoisotopic (exact) mass is 456 g/mol. The van der Waals surface area contributed by atoms with E-state index in [0.29, 0.717) is 26.0 Å². The summed E-state index contributed by atoms with van der Waals surface area (Å²) in [5, 5.41) is 2.78. The largest absolute Gasteiger partial charge is 0.494 e. The molecular weight excluding hydrogens is 420 g/mol. The van der Waals surface area contributed by atoms with E-state index in [2.05, 4.69) is 29.1 Å². The van der Waals surface area contributed by atoms with Crippen LogP contribution in [0.15, 0.2) is 60.7 Å². The molecule has 0 spiro atoms. The highest BCUT2D eigenvalue weighted by Crippen LogP contribution is 2.18. The quantitative estimate of drug-likeness (QED) is 0.372. The van der Waals surface area contributed by atoms with Gasteiger partial charge in [0.1, 0.15) is 18.1 Å². The third-order valence-corrected chi connectivity index (χ3v) is 4.79. The lowest BCUT2D eigenvalue weighted by Gasteiger charge is -2.22. The number of carbonyl (C=O) groups excluding carboxylic acids is 3. The van der Waals surface area contributed by atoms with Gasteiger partial charge >= 0.3 is 5.97 Å². The summed E-state index contributed by atoms with van der Waals surface area (Å²) >= 11 is 0. The molecule has 1 N–H and O–H groups in total.